The smallest absolute Gasteiger partial charge is 0.355 e. The monoisotopic (exact) mass is 460 g/mol. The van der Waals surface area contributed by atoms with Crippen LogP contribution in [0.4, 0.5) is 27.4 Å². The number of aromatic nitrogens is 2. The van der Waals surface area contributed by atoms with Gasteiger partial charge in [0.05, 0.1) is 4.92 Å². The van der Waals surface area contributed by atoms with E-state index in [0.717, 1.165) is 18.5 Å². The number of nitrogens with zero attached hydrogens (tertiary/aromatic N) is 3. The number of para-hydroxylation sites is 1. The van der Waals surface area contributed by atoms with Crippen LogP contribution in [0.2, 0.25) is 0 Å². The molecule has 0 aliphatic rings. The van der Waals surface area contributed by atoms with Crippen LogP contribution in [0.3, 0.4) is 0 Å². The summed E-state index contributed by atoms with van der Waals surface area (Å²) in [7, 11) is 0. The Balaban J connectivity index is 1.48. The fourth-order valence-corrected chi connectivity index (χ4v) is 2.89. The highest BCUT2D eigenvalue weighted by Crippen LogP contribution is 2.31. The number of hydrazine groups is 1. The van der Waals surface area contributed by atoms with Crippen LogP contribution in [-0.4, -0.2) is 20.8 Å². The van der Waals surface area contributed by atoms with Gasteiger partial charge in [0, 0.05) is 11.3 Å². The van der Waals surface area contributed by atoms with Gasteiger partial charge < -0.3 is 10.1 Å². The van der Waals surface area contributed by atoms with Gasteiger partial charge in [0.25, 0.3) is 5.91 Å². The van der Waals surface area contributed by atoms with Crippen LogP contribution < -0.4 is 20.9 Å². The van der Waals surface area contributed by atoms with Crippen molar-refractivity contribution in [3.05, 3.63) is 107 Å². The molecule has 1 amide bonds. The quantitative estimate of drug-likeness (QED) is 0.252. The Morgan fingerprint density at radius 2 is 1.53 bits per heavy atom. The zero-order valence-electron chi connectivity index (χ0n) is 17.4. The highest BCUT2D eigenvalue weighted by Gasteiger charge is 2.23. The second-order valence-electron chi connectivity index (χ2n) is 6.83. The van der Waals surface area contributed by atoms with E-state index >= 15 is 0 Å². The van der Waals surface area contributed by atoms with Crippen LogP contribution in [0.1, 0.15) is 10.4 Å². The van der Waals surface area contributed by atoms with E-state index in [-0.39, 0.29) is 17.2 Å². The first-order valence-corrected chi connectivity index (χ1v) is 9.91. The molecule has 0 bridgehead atoms. The molecule has 170 valence electrons. The lowest BCUT2D eigenvalue weighted by molar-refractivity contribution is -0.383. The van der Waals surface area contributed by atoms with Crippen LogP contribution >= 0.6 is 0 Å². The molecule has 4 aromatic rings. The van der Waals surface area contributed by atoms with Crippen LogP contribution in [0.5, 0.6) is 11.5 Å². The van der Waals surface area contributed by atoms with Crippen molar-refractivity contribution in [3.63, 3.8) is 0 Å². The molecule has 1 aromatic heterocycles. The minimum Gasteiger partial charge on any atom is -0.457 e. The largest absolute Gasteiger partial charge is 0.457 e. The Hall–Kier alpha value is -5.06. The number of anilines is 3. The number of carbonyl (C=O) groups excluding carboxylic acids is 1. The number of rotatable bonds is 8. The van der Waals surface area contributed by atoms with Gasteiger partial charge in [0.15, 0.2) is 0 Å². The first-order chi connectivity index (χ1) is 16.5. The highest BCUT2D eigenvalue weighted by atomic mass is 19.1. The highest BCUT2D eigenvalue weighted by molar-refractivity contribution is 5.95. The molecule has 0 atom stereocenters. The molecule has 0 saturated heterocycles. The van der Waals surface area contributed by atoms with E-state index in [4.69, 9.17) is 4.74 Å². The van der Waals surface area contributed by atoms with Gasteiger partial charge in [0.1, 0.15) is 23.6 Å². The third kappa shape index (κ3) is 5.40. The lowest BCUT2D eigenvalue weighted by Crippen LogP contribution is -2.30. The van der Waals surface area contributed by atoms with E-state index < -0.39 is 22.3 Å². The van der Waals surface area contributed by atoms with E-state index in [9.17, 15) is 19.3 Å². The van der Waals surface area contributed by atoms with Crippen molar-refractivity contribution in [2.24, 2.45) is 0 Å². The lowest BCUT2D eigenvalue weighted by Gasteiger charge is -2.11. The molecule has 3 aromatic carbocycles. The topological polar surface area (TPSA) is 131 Å². The summed E-state index contributed by atoms with van der Waals surface area (Å²) in [5.41, 5.74) is 4.92. The van der Waals surface area contributed by atoms with Gasteiger partial charge in [-0.2, -0.15) is 0 Å². The predicted octanol–water partition coefficient (Wildman–Crippen LogP) is 4.82. The molecule has 0 radical (unpaired) electrons. The predicted molar refractivity (Wildman–Crippen MR) is 122 cm³/mol. The molecule has 0 aliphatic heterocycles. The van der Waals surface area contributed by atoms with Gasteiger partial charge in [-0.05, 0) is 60.7 Å². The molecule has 1 heterocycles. The molecule has 11 heteroatoms. The minimum absolute atomic E-state index is 0.0877. The lowest BCUT2D eigenvalue weighted by atomic mass is 10.2. The molecule has 4 rings (SSSR count). The van der Waals surface area contributed by atoms with E-state index in [1.165, 1.54) is 12.1 Å². The van der Waals surface area contributed by atoms with Crippen LogP contribution in [0.25, 0.3) is 0 Å². The average Bonchev–Trinajstić information content (AvgIpc) is 2.85. The van der Waals surface area contributed by atoms with Crippen LogP contribution in [0.15, 0.2) is 85.2 Å². The number of nitro groups is 1. The van der Waals surface area contributed by atoms with Crippen molar-refractivity contribution < 1.29 is 18.8 Å². The normalized spacial score (nSPS) is 10.3. The van der Waals surface area contributed by atoms with Crippen molar-refractivity contribution >= 4 is 28.9 Å². The van der Waals surface area contributed by atoms with E-state index in [0.29, 0.717) is 17.2 Å². The molecule has 3 N–H and O–H groups in total. The van der Waals surface area contributed by atoms with Crippen molar-refractivity contribution in [1.82, 2.24) is 15.4 Å². The summed E-state index contributed by atoms with van der Waals surface area (Å²) >= 11 is 0. The van der Waals surface area contributed by atoms with Crippen molar-refractivity contribution in [1.29, 1.82) is 0 Å². The number of carbonyl (C=O) groups is 1. The molecule has 0 saturated carbocycles. The Labute approximate surface area is 192 Å². The van der Waals surface area contributed by atoms with Crippen molar-refractivity contribution in [3.8, 4) is 11.5 Å². The zero-order chi connectivity index (χ0) is 23.9. The fraction of sp³-hybridized carbons (Fsp3) is 0. The van der Waals surface area contributed by atoms with Crippen LogP contribution in [0, 0.1) is 15.9 Å². The number of hydrogen-bond donors (Lipinski definition) is 3. The number of nitrogens with one attached hydrogen (secondary N) is 3. The summed E-state index contributed by atoms with van der Waals surface area (Å²) in [4.78, 5) is 31.0. The minimum atomic E-state index is -0.679. The SMILES string of the molecule is O=C(NNc1ncnc(Nc2ccc(Oc3ccccc3)cc2)c1[N+](=O)[O-])c1ccc(F)cc1. The van der Waals surface area contributed by atoms with Crippen molar-refractivity contribution in [2.45, 2.75) is 0 Å². The maximum atomic E-state index is 13.0. The first-order valence-electron chi connectivity index (χ1n) is 9.91. The Morgan fingerprint density at radius 1 is 0.882 bits per heavy atom. The standard InChI is InChI=1S/C23H17FN6O4/c24-16-8-6-15(7-9-16)23(31)29-28-22-20(30(32)33)21(25-14-26-22)27-17-10-12-19(13-11-17)34-18-4-2-1-3-5-18/h1-14H,(H,29,31)(H2,25,26,27,28). The van der Waals surface area contributed by atoms with E-state index in [2.05, 4.69) is 26.1 Å². The van der Waals surface area contributed by atoms with Gasteiger partial charge in [-0.25, -0.2) is 14.4 Å². The van der Waals surface area contributed by atoms with Gasteiger partial charge in [0.2, 0.25) is 11.6 Å². The third-order valence-corrected chi connectivity index (χ3v) is 4.50. The maximum absolute atomic E-state index is 13.0. The summed E-state index contributed by atoms with van der Waals surface area (Å²) in [6.45, 7) is 0. The Kier molecular flexibility index (Phi) is 6.54. The number of ether oxygens (including phenoxy) is 1. The van der Waals surface area contributed by atoms with Crippen LogP contribution in [-0.2, 0) is 0 Å². The molecule has 0 fully saturated rings. The first kappa shape index (κ1) is 22.1. The second-order valence-corrected chi connectivity index (χ2v) is 6.83. The average molecular weight is 460 g/mol. The third-order valence-electron chi connectivity index (χ3n) is 4.50. The Morgan fingerprint density at radius 3 is 2.21 bits per heavy atom. The maximum Gasteiger partial charge on any atom is 0.355 e. The molecule has 0 spiro atoms. The van der Waals surface area contributed by atoms with Gasteiger partial charge >= 0.3 is 5.69 Å². The summed E-state index contributed by atoms with van der Waals surface area (Å²) < 4.78 is 18.8. The zero-order valence-corrected chi connectivity index (χ0v) is 17.4. The fourth-order valence-electron chi connectivity index (χ4n) is 2.89. The molecule has 34 heavy (non-hydrogen) atoms. The number of amides is 1. The summed E-state index contributed by atoms with van der Waals surface area (Å²) in [5.74, 6) is -0.187. The number of benzene rings is 3. The summed E-state index contributed by atoms with van der Waals surface area (Å²) in [6.07, 6.45) is 1.11. The molecular weight excluding hydrogens is 443 g/mol. The van der Waals surface area contributed by atoms with Gasteiger partial charge in [-0.3, -0.25) is 25.8 Å². The Bertz CT molecular complexity index is 1300. The molecular formula is C23H17FN6O4. The van der Waals surface area contributed by atoms with Gasteiger partial charge in [-0.15, -0.1) is 0 Å². The van der Waals surface area contributed by atoms with E-state index in [1.807, 2.05) is 30.3 Å². The van der Waals surface area contributed by atoms with E-state index in [1.54, 1.807) is 24.3 Å². The number of hydrogen-bond acceptors (Lipinski definition) is 8. The summed E-state index contributed by atoms with van der Waals surface area (Å²) in [6, 6.07) is 20.8. The molecule has 0 unspecified atom stereocenters. The second kappa shape index (κ2) is 10.0. The molecule has 10 nitrogen and oxygen atoms in total. The van der Waals surface area contributed by atoms with Crippen molar-refractivity contribution in [2.75, 3.05) is 10.7 Å². The number of halogens is 1. The summed E-state index contributed by atoms with van der Waals surface area (Å²) in [5, 5.41) is 14.6. The van der Waals surface area contributed by atoms with Gasteiger partial charge in [-0.1, -0.05) is 18.2 Å². The molecule has 0 aliphatic carbocycles.